The summed E-state index contributed by atoms with van der Waals surface area (Å²) in [6.07, 6.45) is 0.764. The Morgan fingerprint density at radius 1 is 1.44 bits per heavy atom. The van der Waals surface area contributed by atoms with Gasteiger partial charge in [0, 0.05) is 25.0 Å². The number of hydrogen-bond acceptors (Lipinski definition) is 3. The maximum atomic E-state index is 9.63. The first-order valence-electron chi connectivity index (χ1n) is 6.47. The molecule has 1 heterocycles. The fourth-order valence-corrected chi connectivity index (χ4v) is 2.77. The van der Waals surface area contributed by atoms with E-state index in [4.69, 9.17) is 17.3 Å². The van der Waals surface area contributed by atoms with Crippen LogP contribution in [-0.2, 0) is 0 Å². The molecule has 0 aliphatic carbocycles. The van der Waals surface area contributed by atoms with E-state index in [1.165, 1.54) is 0 Å². The highest BCUT2D eigenvalue weighted by molar-refractivity contribution is 6.33. The Morgan fingerprint density at radius 2 is 2.17 bits per heavy atom. The minimum atomic E-state index is -0.253. The van der Waals surface area contributed by atoms with Crippen molar-refractivity contribution in [1.82, 2.24) is 0 Å². The zero-order valence-corrected chi connectivity index (χ0v) is 11.7. The Morgan fingerprint density at radius 3 is 2.67 bits per heavy atom. The van der Waals surface area contributed by atoms with E-state index in [0.29, 0.717) is 5.92 Å². The van der Waals surface area contributed by atoms with E-state index in [1.54, 1.807) is 0 Å². The Kier molecular flexibility index (Phi) is 4.15. The van der Waals surface area contributed by atoms with Gasteiger partial charge in [-0.15, -0.1) is 0 Å². The molecule has 1 saturated heterocycles. The van der Waals surface area contributed by atoms with Crippen LogP contribution in [-0.4, -0.2) is 24.3 Å². The summed E-state index contributed by atoms with van der Waals surface area (Å²) in [7, 11) is 0. The summed E-state index contributed by atoms with van der Waals surface area (Å²) >= 11 is 6.32. The second-order valence-corrected chi connectivity index (χ2v) is 5.64. The second kappa shape index (κ2) is 5.47. The summed E-state index contributed by atoms with van der Waals surface area (Å²) in [5.74, 6) is 0.342. The standard InChI is InChI=1S/C14H21ClN2O/c1-9(16)11-3-4-14(13(15)7-11)17-6-5-12(8-17)10(2)18/h3-4,7,9-10,12,18H,5-6,8,16H2,1-2H3/t9-,10?,12?/m0/s1. The van der Waals surface area contributed by atoms with Crippen molar-refractivity contribution in [2.24, 2.45) is 11.7 Å². The van der Waals surface area contributed by atoms with Gasteiger partial charge < -0.3 is 15.7 Å². The van der Waals surface area contributed by atoms with E-state index in [1.807, 2.05) is 32.0 Å². The highest BCUT2D eigenvalue weighted by Crippen LogP contribution is 2.33. The van der Waals surface area contributed by atoms with Crippen molar-refractivity contribution in [3.63, 3.8) is 0 Å². The molecule has 1 fully saturated rings. The molecule has 1 aromatic rings. The lowest BCUT2D eigenvalue weighted by atomic mass is 10.0. The van der Waals surface area contributed by atoms with E-state index in [9.17, 15) is 5.11 Å². The van der Waals surface area contributed by atoms with Gasteiger partial charge >= 0.3 is 0 Å². The van der Waals surface area contributed by atoms with E-state index < -0.39 is 0 Å². The number of nitrogens with two attached hydrogens (primary N) is 1. The summed E-state index contributed by atoms with van der Waals surface area (Å²) in [6.45, 7) is 5.63. The molecular formula is C14H21ClN2O. The van der Waals surface area contributed by atoms with Crippen LogP contribution in [0, 0.1) is 5.92 Å². The van der Waals surface area contributed by atoms with Crippen LogP contribution in [0.5, 0.6) is 0 Å². The van der Waals surface area contributed by atoms with Crippen molar-refractivity contribution < 1.29 is 5.11 Å². The van der Waals surface area contributed by atoms with E-state index >= 15 is 0 Å². The molecule has 100 valence electrons. The Balaban J connectivity index is 2.15. The number of halogens is 1. The summed E-state index contributed by atoms with van der Waals surface area (Å²) in [4.78, 5) is 2.24. The third kappa shape index (κ3) is 2.79. The van der Waals surface area contributed by atoms with E-state index in [2.05, 4.69) is 4.90 Å². The summed E-state index contributed by atoms with van der Waals surface area (Å²) in [5.41, 5.74) is 7.94. The molecule has 1 aliphatic heterocycles. The van der Waals surface area contributed by atoms with E-state index in [-0.39, 0.29) is 12.1 Å². The fraction of sp³-hybridized carbons (Fsp3) is 0.571. The quantitative estimate of drug-likeness (QED) is 0.886. The molecule has 0 radical (unpaired) electrons. The SMILES string of the molecule is CC(O)C1CCN(c2ccc([C@H](C)N)cc2Cl)C1. The Labute approximate surface area is 114 Å². The van der Waals surface area contributed by atoms with Gasteiger partial charge in [0.15, 0.2) is 0 Å². The number of anilines is 1. The van der Waals surface area contributed by atoms with Crippen LogP contribution in [0.15, 0.2) is 18.2 Å². The van der Waals surface area contributed by atoms with Gasteiger partial charge in [0.1, 0.15) is 0 Å². The first-order valence-corrected chi connectivity index (χ1v) is 6.85. The lowest BCUT2D eigenvalue weighted by Crippen LogP contribution is -2.24. The van der Waals surface area contributed by atoms with Crippen molar-refractivity contribution in [2.75, 3.05) is 18.0 Å². The molecule has 0 spiro atoms. The number of rotatable bonds is 3. The number of nitrogens with zero attached hydrogens (tertiary/aromatic N) is 1. The van der Waals surface area contributed by atoms with Gasteiger partial charge in [-0.3, -0.25) is 0 Å². The Hall–Kier alpha value is -0.770. The predicted molar refractivity (Wildman–Crippen MR) is 76.1 cm³/mol. The van der Waals surface area contributed by atoms with Crippen molar-refractivity contribution in [2.45, 2.75) is 32.4 Å². The molecule has 3 atom stereocenters. The molecule has 3 N–H and O–H groups in total. The average molecular weight is 269 g/mol. The highest BCUT2D eigenvalue weighted by Gasteiger charge is 2.27. The van der Waals surface area contributed by atoms with Crippen LogP contribution in [0.3, 0.4) is 0 Å². The van der Waals surface area contributed by atoms with Crippen LogP contribution in [0.4, 0.5) is 5.69 Å². The zero-order chi connectivity index (χ0) is 13.3. The number of aliphatic hydroxyl groups is 1. The summed E-state index contributed by atoms with van der Waals surface area (Å²) < 4.78 is 0. The molecule has 4 heteroatoms. The van der Waals surface area contributed by atoms with Crippen LogP contribution in [0.25, 0.3) is 0 Å². The summed E-state index contributed by atoms with van der Waals surface area (Å²) in [5, 5.41) is 10.4. The molecule has 3 nitrogen and oxygen atoms in total. The lowest BCUT2D eigenvalue weighted by molar-refractivity contribution is 0.136. The molecule has 1 aromatic carbocycles. The smallest absolute Gasteiger partial charge is 0.0642 e. The van der Waals surface area contributed by atoms with Gasteiger partial charge in [-0.05, 0) is 38.0 Å². The second-order valence-electron chi connectivity index (χ2n) is 5.23. The van der Waals surface area contributed by atoms with Gasteiger partial charge in [0.25, 0.3) is 0 Å². The van der Waals surface area contributed by atoms with Crippen LogP contribution >= 0.6 is 11.6 Å². The fourth-order valence-electron chi connectivity index (χ4n) is 2.46. The molecule has 18 heavy (non-hydrogen) atoms. The van der Waals surface area contributed by atoms with Crippen molar-refractivity contribution in [3.8, 4) is 0 Å². The molecule has 0 bridgehead atoms. The van der Waals surface area contributed by atoms with Crippen molar-refractivity contribution in [1.29, 1.82) is 0 Å². The highest BCUT2D eigenvalue weighted by atomic mass is 35.5. The maximum Gasteiger partial charge on any atom is 0.0642 e. The lowest BCUT2D eigenvalue weighted by Gasteiger charge is -2.21. The topological polar surface area (TPSA) is 49.5 Å². The van der Waals surface area contributed by atoms with Crippen LogP contribution < -0.4 is 10.6 Å². The predicted octanol–water partition coefficient (Wildman–Crippen LogP) is 2.57. The molecular weight excluding hydrogens is 248 g/mol. The molecule has 0 amide bonds. The summed E-state index contributed by atoms with van der Waals surface area (Å²) in [6, 6.07) is 6.00. The number of aliphatic hydroxyl groups excluding tert-OH is 1. The maximum absolute atomic E-state index is 9.63. The number of hydrogen-bond donors (Lipinski definition) is 2. The zero-order valence-electron chi connectivity index (χ0n) is 10.9. The average Bonchev–Trinajstić information content (AvgIpc) is 2.78. The van der Waals surface area contributed by atoms with Crippen LogP contribution in [0.1, 0.15) is 31.9 Å². The van der Waals surface area contributed by atoms with Crippen molar-refractivity contribution >= 4 is 17.3 Å². The normalized spacial score (nSPS) is 23.2. The largest absolute Gasteiger partial charge is 0.393 e. The minimum Gasteiger partial charge on any atom is -0.393 e. The molecule has 1 aliphatic rings. The number of benzene rings is 1. The monoisotopic (exact) mass is 268 g/mol. The molecule has 0 saturated carbocycles. The van der Waals surface area contributed by atoms with Gasteiger partial charge in [-0.25, -0.2) is 0 Å². The van der Waals surface area contributed by atoms with Gasteiger partial charge in [0.2, 0.25) is 0 Å². The minimum absolute atomic E-state index is 0.000315. The molecule has 2 unspecified atom stereocenters. The first kappa shape index (κ1) is 13.7. The van der Waals surface area contributed by atoms with Gasteiger partial charge in [-0.2, -0.15) is 0 Å². The van der Waals surface area contributed by atoms with E-state index in [0.717, 1.165) is 35.8 Å². The van der Waals surface area contributed by atoms with Gasteiger partial charge in [0.05, 0.1) is 16.8 Å². The first-order chi connectivity index (χ1) is 8.49. The molecule has 2 rings (SSSR count). The third-order valence-electron chi connectivity index (χ3n) is 3.75. The third-order valence-corrected chi connectivity index (χ3v) is 4.05. The van der Waals surface area contributed by atoms with Crippen molar-refractivity contribution in [3.05, 3.63) is 28.8 Å². The van der Waals surface area contributed by atoms with Crippen LogP contribution in [0.2, 0.25) is 5.02 Å². The van der Waals surface area contributed by atoms with Gasteiger partial charge in [-0.1, -0.05) is 17.7 Å². The Bertz CT molecular complexity index is 420. The molecule has 0 aromatic heterocycles.